The van der Waals surface area contributed by atoms with Crippen molar-refractivity contribution in [2.75, 3.05) is 5.73 Å². The number of alkyl halides is 2. The molecule has 1 heterocycles. The van der Waals surface area contributed by atoms with E-state index in [0.717, 1.165) is 0 Å². The van der Waals surface area contributed by atoms with Gasteiger partial charge in [0.2, 0.25) is 0 Å². The van der Waals surface area contributed by atoms with E-state index in [-0.39, 0.29) is 24.3 Å². The van der Waals surface area contributed by atoms with Gasteiger partial charge in [0.1, 0.15) is 5.69 Å². The zero-order valence-electron chi connectivity index (χ0n) is 10.9. The maximum atomic E-state index is 12.9. The molecule has 0 spiro atoms. The number of nitrogens with two attached hydrogens (primary N) is 1. The van der Waals surface area contributed by atoms with Crippen molar-refractivity contribution in [3.8, 4) is 11.1 Å². The Hall–Kier alpha value is -2.51. The van der Waals surface area contributed by atoms with Gasteiger partial charge < -0.3 is 5.73 Å². The number of rotatable bonds is 4. The van der Waals surface area contributed by atoms with Gasteiger partial charge in [-0.25, -0.2) is 8.78 Å². The number of nitro groups is 1. The van der Waals surface area contributed by atoms with Gasteiger partial charge in [-0.1, -0.05) is 6.07 Å². The van der Waals surface area contributed by atoms with Crippen LogP contribution in [0.1, 0.15) is 6.42 Å². The molecule has 1 aromatic carbocycles. The van der Waals surface area contributed by atoms with Crippen LogP contribution in [-0.4, -0.2) is 20.6 Å². The highest BCUT2D eigenvalue weighted by atomic mass is 19.3. The predicted molar refractivity (Wildman–Crippen MR) is 71.8 cm³/mol. The van der Waals surface area contributed by atoms with Crippen molar-refractivity contribution in [3.63, 3.8) is 0 Å². The van der Waals surface area contributed by atoms with Crippen molar-refractivity contribution in [1.82, 2.24) is 9.78 Å². The third-order valence-electron chi connectivity index (χ3n) is 3.56. The molecule has 3 rings (SSSR count). The number of nitro benzene ring substituents is 1. The van der Waals surface area contributed by atoms with E-state index in [9.17, 15) is 18.9 Å². The molecule has 0 saturated heterocycles. The summed E-state index contributed by atoms with van der Waals surface area (Å²) in [7, 11) is 0. The van der Waals surface area contributed by atoms with Crippen LogP contribution in [0.2, 0.25) is 0 Å². The van der Waals surface area contributed by atoms with Crippen molar-refractivity contribution in [2.24, 2.45) is 5.92 Å². The highest BCUT2D eigenvalue weighted by Crippen LogP contribution is 2.49. The molecule has 0 amide bonds. The lowest BCUT2D eigenvalue weighted by Crippen LogP contribution is -2.05. The molecule has 21 heavy (non-hydrogen) atoms. The molecule has 0 bridgehead atoms. The minimum atomic E-state index is -2.59. The zero-order chi connectivity index (χ0) is 15.2. The maximum absolute atomic E-state index is 12.9. The number of halogens is 2. The Morgan fingerprint density at radius 2 is 2.19 bits per heavy atom. The van der Waals surface area contributed by atoms with Crippen LogP contribution < -0.4 is 5.73 Å². The Bertz CT molecular complexity index is 714. The number of anilines is 1. The molecule has 2 N–H and O–H groups in total. The molecule has 1 aromatic heterocycles. The first kappa shape index (κ1) is 13.5. The van der Waals surface area contributed by atoms with Crippen molar-refractivity contribution in [1.29, 1.82) is 0 Å². The molecule has 1 fully saturated rings. The van der Waals surface area contributed by atoms with E-state index in [1.807, 2.05) is 0 Å². The summed E-state index contributed by atoms with van der Waals surface area (Å²) in [5.41, 5.74) is 6.62. The maximum Gasteiger partial charge on any atom is 0.292 e. The minimum Gasteiger partial charge on any atom is -0.393 e. The lowest BCUT2D eigenvalue weighted by atomic mass is 10.1. The van der Waals surface area contributed by atoms with Crippen LogP contribution in [0.4, 0.5) is 20.2 Å². The minimum absolute atomic E-state index is 0.0776. The van der Waals surface area contributed by atoms with E-state index in [4.69, 9.17) is 5.73 Å². The molecule has 2 aromatic rings. The van der Waals surface area contributed by atoms with Gasteiger partial charge in [-0.05, 0) is 11.6 Å². The van der Waals surface area contributed by atoms with Gasteiger partial charge in [-0.15, -0.1) is 0 Å². The smallest absolute Gasteiger partial charge is 0.292 e. The largest absolute Gasteiger partial charge is 0.393 e. The molecular weight excluding hydrogens is 282 g/mol. The number of hydrogen-bond donors (Lipinski definition) is 1. The van der Waals surface area contributed by atoms with Gasteiger partial charge in [0.25, 0.3) is 11.6 Å². The number of aromatic nitrogens is 2. The summed E-state index contributed by atoms with van der Waals surface area (Å²) in [6.45, 7) is 0.143. The highest BCUT2D eigenvalue weighted by Gasteiger charge is 2.56. The molecule has 0 radical (unpaired) electrons. The van der Waals surface area contributed by atoms with E-state index in [1.165, 1.54) is 23.0 Å². The second kappa shape index (κ2) is 4.51. The van der Waals surface area contributed by atoms with E-state index in [2.05, 4.69) is 5.10 Å². The van der Waals surface area contributed by atoms with Gasteiger partial charge in [0.15, 0.2) is 0 Å². The van der Waals surface area contributed by atoms with Crippen molar-refractivity contribution in [3.05, 3.63) is 40.7 Å². The predicted octanol–water partition coefficient (Wildman–Crippen LogP) is 2.70. The van der Waals surface area contributed by atoms with E-state index < -0.39 is 16.8 Å². The lowest BCUT2D eigenvalue weighted by molar-refractivity contribution is -0.383. The number of hydrogen-bond acceptors (Lipinski definition) is 4. The molecular formula is C13H12F2N4O2. The fourth-order valence-corrected chi connectivity index (χ4v) is 2.19. The number of nitrogens with zero attached hydrogens (tertiary/aromatic N) is 3. The van der Waals surface area contributed by atoms with Crippen molar-refractivity contribution >= 4 is 11.4 Å². The van der Waals surface area contributed by atoms with Crippen molar-refractivity contribution < 1.29 is 13.7 Å². The summed E-state index contributed by atoms with van der Waals surface area (Å²) in [5, 5.41) is 14.9. The van der Waals surface area contributed by atoms with Crippen LogP contribution in [0, 0.1) is 16.0 Å². The van der Waals surface area contributed by atoms with Crippen LogP contribution in [0.3, 0.4) is 0 Å². The summed E-state index contributed by atoms with van der Waals surface area (Å²) in [6.07, 6.45) is 2.98. The lowest BCUT2D eigenvalue weighted by Gasteiger charge is -2.01. The highest BCUT2D eigenvalue weighted by molar-refractivity contribution is 5.71. The fraction of sp³-hybridized carbons (Fsp3) is 0.308. The third kappa shape index (κ3) is 2.56. The summed E-state index contributed by atoms with van der Waals surface area (Å²) in [5.74, 6) is -3.27. The van der Waals surface area contributed by atoms with Gasteiger partial charge in [0.05, 0.1) is 11.1 Å². The monoisotopic (exact) mass is 294 g/mol. The normalized spacial score (nSPS) is 19.4. The SMILES string of the molecule is Nc1ccc(-c2cnn(CC3CC3(F)F)c2)cc1[N+](=O)[O-]. The van der Waals surface area contributed by atoms with Gasteiger partial charge >= 0.3 is 0 Å². The average molecular weight is 294 g/mol. The van der Waals surface area contributed by atoms with Crippen LogP contribution in [0.5, 0.6) is 0 Å². The Labute approximate surface area is 118 Å². The summed E-state index contributed by atoms with van der Waals surface area (Å²) < 4.78 is 27.2. The molecule has 8 heteroatoms. The first-order chi connectivity index (χ1) is 9.87. The zero-order valence-corrected chi connectivity index (χ0v) is 10.9. The van der Waals surface area contributed by atoms with Gasteiger partial charge in [0, 0.05) is 36.7 Å². The van der Waals surface area contributed by atoms with Gasteiger partial charge in [-0.3, -0.25) is 14.8 Å². The molecule has 0 aliphatic heterocycles. The molecule has 1 unspecified atom stereocenters. The van der Waals surface area contributed by atoms with Crippen LogP contribution in [-0.2, 0) is 6.54 Å². The first-order valence-electron chi connectivity index (χ1n) is 6.31. The third-order valence-corrected chi connectivity index (χ3v) is 3.56. The average Bonchev–Trinajstić information content (AvgIpc) is 2.83. The molecule has 6 nitrogen and oxygen atoms in total. The van der Waals surface area contributed by atoms with Crippen LogP contribution in [0.25, 0.3) is 11.1 Å². The first-order valence-corrected chi connectivity index (χ1v) is 6.31. The van der Waals surface area contributed by atoms with E-state index in [1.54, 1.807) is 12.3 Å². The van der Waals surface area contributed by atoms with Crippen molar-refractivity contribution in [2.45, 2.75) is 18.9 Å². The Kier molecular flexibility index (Phi) is 2.89. The Morgan fingerprint density at radius 1 is 1.48 bits per heavy atom. The van der Waals surface area contributed by atoms with Crippen LogP contribution >= 0.6 is 0 Å². The molecule has 1 aliphatic rings. The van der Waals surface area contributed by atoms with E-state index in [0.29, 0.717) is 11.1 Å². The Morgan fingerprint density at radius 3 is 2.81 bits per heavy atom. The standard InChI is InChI=1S/C13H12F2N4O2/c14-13(15)4-10(13)7-18-6-9(5-17-18)8-1-2-11(16)12(3-8)19(20)21/h1-3,5-6,10H,4,7,16H2. The molecule has 1 saturated carbocycles. The Balaban J connectivity index is 1.83. The van der Waals surface area contributed by atoms with E-state index >= 15 is 0 Å². The second-order valence-electron chi connectivity index (χ2n) is 5.14. The molecule has 1 atom stereocenters. The number of nitrogen functional groups attached to an aromatic ring is 1. The second-order valence-corrected chi connectivity index (χ2v) is 5.14. The fourth-order valence-electron chi connectivity index (χ4n) is 2.19. The summed E-state index contributed by atoms with van der Waals surface area (Å²) >= 11 is 0. The van der Waals surface area contributed by atoms with Gasteiger partial charge in [-0.2, -0.15) is 5.10 Å². The molecule has 110 valence electrons. The summed E-state index contributed by atoms with van der Waals surface area (Å²) in [6, 6.07) is 4.43. The molecule has 1 aliphatic carbocycles. The topological polar surface area (TPSA) is 87.0 Å². The number of benzene rings is 1. The quantitative estimate of drug-likeness (QED) is 0.533. The summed E-state index contributed by atoms with van der Waals surface area (Å²) in [4.78, 5) is 10.3. The van der Waals surface area contributed by atoms with Crippen LogP contribution in [0.15, 0.2) is 30.6 Å².